The zero-order valence-electron chi connectivity index (χ0n) is 11.8. The first-order valence-corrected chi connectivity index (χ1v) is 6.85. The van der Waals surface area contributed by atoms with E-state index in [1.807, 2.05) is 11.1 Å². The van der Waals surface area contributed by atoms with Crippen LogP contribution in [-0.2, 0) is 0 Å². The first-order valence-electron chi connectivity index (χ1n) is 6.85. The maximum atomic E-state index is 12.7. The van der Waals surface area contributed by atoms with E-state index < -0.39 is 0 Å². The second kappa shape index (κ2) is 5.15. The summed E-state index contributed by atoms with van der Waals surface area (Å²) >= 11 is 0. The molecule has 2 heterocycles. The Morgan fingerprint density at radius 3 is 2.70 bits per heavy atom. The van der Waals surface area contributed by atoms with Crippen LogP contribution in [0.4, 0.5) is 5.69 Å². The van der Waals surface area contributed by atoms with Gasteiger partial charge >= 0.3 is 0 Å². The fraction of sp³-hybridized carbons (Fsp3) is 0.467. The van der Waals surface area contributed by atoms with Crippen molar-refractivity contribution in [3.05, 3.63) is 17.7 Å². The molecule has 1 fully saturated rings. The molecule has 3 rings (SSSR count). The van der Waals surface area contributed by atoms with Gasteiger partial charge in [0.25, 0.3) is 5.91 Å². The Bertz CT molecular complexity index is 568. The lowest BCUT2D eigenvalue weighted by Crippen LogP contribution is -2.43. The third kappa shape index (κ3) is 2.03. The van der Waals surface area contributed by atoms with Gasteiger partial charge in [-0.05, 0) is 25.3 Å². The molecule has 0 spiro atoms. The van der Waals surface area contributed by atoms with E-state index in [1.165, 1.54) is 0 Å². The van der Waals surface area contributed by atoms with E-state index in [9.17, 15) is 4.79 Å². The van der Waals surface area contributed by atoms with Crippen LogP contribution in [-0.4, -0.2) is 43.8 Å². The number of benzene rings is 1. The molecule has 0 aliphatic carbocycles. The summed E-state index contributed by atoms with van der Waals surface area (Å²) in [6.45, 7) is 0.795. The number of nitrogens with zero attached hydrogens (tertiary/aromatic N) is 2. The molecule has 20 heavy (non-hydrogen) atoms. The molecule has 2 aliphatic heterocycles. The van der Waals surface area contributed by atoms with Crippen molar-refractivity contribution in [3.63, 3.8) is 0 Å². The Kier molecular flexibility index (Phi) is 3.34. The van der Waals surface area contributed by atoms with Crippen molar-refractivity contribution in [2.24, 2.45) is 4.99 Å². The molecule has 1 unspecified atom stereocenters. The van der Waals surface area contributed by atoms with Crippen LogP contribution in [0.2, 0.25) is 0 Å². The number of rotatable bonds is 2. The van der Waals surface area contributed by atoms with Crippen LogP contribution < -0.4 is 9.47 Å². The molecule has 0 radical (unpaired) electrons. The quantitative estimate of drug-likeness (QED) is 0.832. The van der Waals surface area contributed by atoms with Crippen LogP contribution in [0.25, 0.3) is 0 Å². The Hall–Kier alpha value is -2.04. The minimum atomic E-state index is 0.0307. The summed E-state index contributed by atoms with van der Waals surface area (Å²) in [4.78, 5) is 19.1. The lowest BCUT2D eigenvalue weighted by Gasteiger charge is -2.32. The lowest BCUT2D eigenvalue weighted by atomic mass is 10.0. The summed E-state index contributed by atoms with van der Waals surface area (Å²) in [5.74, 6) is 1.18. The molecule has 0 N–H and O–H groups in total. The number of carbonyl (C=O) groups is 1. The van der Waals surface area contributed by atoms with E-state index in [0.717, 1.165) is 25.8 Å². The minimum Gasteiger partial charge on any atom is -0.493 e. The maximum Gasteiger partial charge on any atom is 0.256 e. The van der Waals surface area contributed by atoms with E-state index in [4.69, 9.17) is 9.47 Å². The van der Waals surface area contributed by atoms with Gasteiger partial charge in [0.05, 0.1) is 31.5 Å². The third-order valence-corrected chi connectivity index (χ3v) is 3.93. The SMILES string of the molecule is COc1cc2c(cc1OC)C(=O)N1CCCCC1C=N2. The molecular formula is C15H18N2O3. The Morgan fingerprint density at radius 2 is 1.95 bits per heavy atom. The van der Waals surface area contributed by atoms with Gasteiger partial charge in [0.2, 0.25) is 0 Å². The number of fused-ring (bicyclic) bond motifs is 2. The van der Waals surface area contributed by atoms with Gasteiger partial charge in [-0.15, -0.1) is 0 Å². The molecule has 1 aromatic carbocycles. The van der Waals surface area contributed by atoms with Crippen molar-refractivity contribution in [1.29, 1.82) is 0 Å². The van der Waals surface area contributed by atoms with Crippen LogP contribution in [0, 0.1) is 0 Å². The minimum absolute atomic E-state index is 0.0307. The molecule has 1 atom stereocenters. The summed E-state index contributed by atoms with van der Waals surface area (Å²) in [5.41, 5.74) is 1.24. The zero-order valence-corrected chi connectivity index (χ0v) is 11.8. The number of aliphatic imine (C=N–C) groups is 1. The summed E-state index contributed by atoms with van der Waals surface area (Å²) < 4.78 is 10.6. The van der Waals surface area contributed by atoms with Crippen LogP contribution in [0.5, 0.6) is 11.5 Å². The van der Waals surface area contributed by atoms with Gasteiger partial charge in [-0.1, -0.05) is 0 Å². The molecule has 1 saturated heterocycles. The fourth-order valence-electron chi connectivity index (χ4n) is 2.83. The van der Waals surface area contributed by atoms with E-state index in [1.54, 1.807) is 26.4 Å². The van der Waals surface area contributed by atoms with E-state index in [0.29, 0.717) is 22.7 Å². The monoisotopic (exact) mass is 274 g/mol. The molecule has 0 aromatic heterocycles. The Labute approximate surface area is 118 Å². The van der Waals surface area contributed by atoms with Crippen molar-refractivity contribution in [1.82, 2.24) is 4.90 Å². The zero-order chi connectivity index (χ0) is 14.1. The van der Waals surface area contributed by atoms with Crippen LogP contribution >= 0.6 is 0 Å². The summed E-state index contributed by atoms with van der Waals surface area (Å²) in [6, 6.07) is 3.60. The topological polar surface area (TPSA) is 51.1 Å². The van der Waals surface area contributed by atoms with Crippen molar-refractivity contribution in [2.45, 2.75) is 25.3 Å². The first kappa shape index (κ1) is 13.0. The number of carbonyl (C=O) groups excluding carboxylic acids is 1. The van der Waals surface area contributed by atoms with Crippen molar-refractivity contribution < 1.29 is 14.3 Å². The first-order chi connectivity index (χ1) is 9.74. The highest BCUT2D eigenvalue weighted by molar-refractivity contribution is 6.03. The van der Waals surface area contributed by atoms with Crippen molar-refractivity contribution in [2.75, 3.05) is 20.8 Å². The second-order valence-electron chi connectivity index (χ2n) is 5.06. The largest absolute Gasteiger partial charge is 0.493 e. The molecule has 5 heteroatoms. The average molecular weight is 274 g/mol. The molecule has 5 nitrogen and oxygen atoms in total. The van der Waals surface area contributed by atoms with Crippen molar-refractivity contribution >= 4 is 17.8 Å². The van der Waals surface area contributed by atoms with E-state index in [-0.39, 0.29) is 11.9 Å². The number of methoxy groups -OCH3 is 2. The smallest absolute Gasteiger partial charge is 0.256 e. The third-order valence-electron chi connectivity index (χ3n) is 3.93. The van der Waals surface area contributed by atoms with E-state index in [2.05, 4.69) is 4.99 Å². The van der Waals surface area contributed by atoms with Gasteiger partial charge in [-0.3, -0.25) is 9.79 Å². The highest BCUT2D eigenvalue weighted by Gasteiger charge is 2.30. The molecule has 106 valence electrons. The van der Waals surface area contributed by atoms with Gasteiger partial charge in [-0.25, -0.2) is 0 Å². The summed E-state index contributed by atoms with van der Waals surface area (Å²) in [7, 11) is 3.15. The highest BCUT2D eigenvalue weighted by Crippen LogP contribution is 2.37. The number of hydrogen-bond donors (Lipinski definition) is 0. The Balaban J connectivity index is 2.08. The molecular weight excluding hydrogens is 256 g/mol. The van der Waals surface area contributed by atoms with Crippen LogP contribution in [0.3, 0.4) is 0 Å². The highest BCUT2D eigenvalue weighted by atomic mass is 16.5. The summed E-state index contributed by atoms with van der Waals surface area (Å²) in [6.07, 6.45) is 5.06. The van der Waals surface area contributed by atoms with Crippen LogP contribution in [0.1, 0.15) is 29.6 Å². The Morgan fingerprint density at radius 1 is 1.20 bits per heavy atom. The van der Waals surface area contributed by atoms with Gasteiger partial charge in [0.1, 0.15) is 0 Å². The molecule has 0 bridgehead atoms. The fourth-order valence-corrected chi connectivity index (χ4v) is 2.83. The molecule has 1 aromatic rings. The summed E-state index contributed by atoms with van der Waals surface area (Å²) in [5, 5.41) is 0. The van der Waals surface area contributed by atoms with E-state index >= 15 is 0 Å². The van der Waals surface area contributed by atoms with Crippen molar-refractivity contribution in [3.8, 4) is 11.5 Å². The standard InChI is InChI=1S/C15H18N2O3/c1-19-13-7-11-12(8-14(13)20-2)16-9-10-5-3-4-6-17(10)15(11)18/h7-10H,3-6H2,1-2H3. The number of hydrogen-bond acceptors (Lipinski definition) is 4. The molecule has 2 aliphatic rings. The predicted octanol–water partition coefficient (Wildman–Crippen LogP) is 2.41. The maximum absolute atomic E-state index is 12.7. The molecule has 1 amide bonds. The van der Waals surface area contributed by atoms with Crippen LogP contribution in [0.15, 0.2) is 17.1 Å². The normalized spacial score (nSPS) is 21.0. The van der Waals surface area contributed by atoms with Gasteiger partial charge in [0.15, 0.2) is 11.5 Å². The second-order valence-corrected chi connectivity index (χ2v) is 5.06. The number of piperidine rings is 1. The lowest BCUT2D eigenvalue weighted by molar-refractivity contribution is 0.0688. The number of amides is 1. The van der Waals surface area contributed by atoms with Gasteiger partial charge < -0.3 is 14.4 Å². The van der Waals surface area contributed by atoms with Gasteiger partial charge in [-0.2, -0.15) is 0 Å². The molecule has 0 saturated carbocycles. The van der Waals surface area contributed by atoms with Gasteiger partial charge in [0, 0.05) is 18.8 Å². The number of ether oxygens (including phenoxy) is 2. The predicted molar refractivity (Wildman–Crippen MR) is 76.4 cm³/mol. The average Bonchev–Trinajstić information content (AvgIpc) is 2.64.